The first-order chi connectivity index (χ1) is 14.6. The Morgan fingerprint density at radius 1 is 1.27 bits per heavy atom. The maximum atomic E-state index is 12.8. The number of carbonyl (C=O) groups excluding carboxylic acids is 1. The van der Waals surface area contributed by atoms with E-state index in [0.29, 0.717) is 25.0 Å². The second kappa shape index (κ2) is 8.12. The van der Waals surface area contributed by atoms with Crippen molar-refractivity contribution in [2.24, 2.45) is 11.8 Å². The predicted octanol–water partition coefficient (Wildman–Crippen LogP) is 2.45. The summed E-state index contributed by atoms with van der Waals surface area (Å²) in [5, 5.41) is 7.42. The monoisotopic (exact) mass is 410 g/mol. The molecule has 0 radical (unpaired) electrons. The van der Waals surface area contributed by atoms with Crippen LogP contribution in [0.25, 0.3) is 0 Å². The second-order valence-corrected chi connectivity index (χ2v) is 9.19. The van der Waals surface area contributed by atoms with Crippen molar-refractivity contribution in [3.8, 4) is 0 Å². The smallest absolute Gasteiger partial charge is 0.234 e. The van der Waals surface area contributed by atoms with E-state index in [-0.39, 0.29) is 23.3 Å². The number of hydrogen-bond acceptors (Lipinski definition) is 6. The molecule has 7 nitrogen and oxygen atoms in total. The average Bonchev–Trinajstić information content (AvgIpc) is 3.42. The molecule has 1 aliphatic carbocycles. The molecule has 160 valence electrons. The molecule has 0 spiro atoms. The zero-order chi connectivity index (χ0) is 20.6. The van der Waals surface area contributed by atoms with Crippen LogP contribution < -0.4 is 5.32 Å². The Kier molecular flexibility index (Phi) is 5.33. The first-order valence-electron chi connectivity index (χ1n) is 11.1. The topological polar surface area (TPSA) is 80.5 Å². The summed E-state index contributed by atoms with van der Waals surface area (Å²) in [6.07, 6.45) is 3.46. The lowest BCUT2D eigenvalue weighted by Gasteiger charge is -2.27. The molecule has 1 aromatic carbocycles. The molecule has 2 aliphatic heterocycles. The molecule has 1 amide bonds. The first-order valence-corrected chi connectivity index (χ1v) is 11.1. The van der Waals surface area contributed by atoms with Crippen LogP contribution in [0.1, 0.15) is 43.0 Å². The van der Waals surface area contributed by atoms with Crippen LogP contribution in [0.2, 0.25) is 0 Å². The SMILES string of the molecule is Cc1noc([C@]23C[C@H](NC(=O)C4CCOCC4)C[C@H]2CN(Cc2ccccc2)C3)n1. The van der Waals surface area contributed by atoms with E-state index < -0.39 is 0 Å². The number of aromatic nitrogens is 2. The summed E-state index contributed by atoms with van der Waals surface area (Å²) in [5.74, 6) is 2.08. The maximum Gasteiger partial charge on any atom is 0.234 e. The third-order valence-electron chi connectivity index (χ3n) is 7.09. The lowest BCUT2D eigenvalue weighted by atomic mass is 9.80. The van der Waals surface area contributed by atoms with Gasteiger partial charge in [-0.3, -0.25) is 9.69 Å². The van der Waals surface area contributed by atoms with Gasteiger partial charge in [-0.15, -0.1) is 0 Å². The lowest BCUT2D eigenvalue weighted by Crippen LogP contribution is -2.41. The highest BCUT2D eigenvalue weighted by atomic mass is 16.5. The van der Waals surface area contributed by atoms with Crippen LogP contribution in [0.5, 0.6) is 0 Å². The number of rotatable bonds is 5. The number of carbonyl (C=O) groups is 1. The summed E-state index contributed by atoms with van der Waals surface area (Å²) in [6, 6.07) is 10.7. The van der Waals surface area contributed by atoms with Crippen molar-refractivity contribution in [2.75, 3.05) is 26.3 Å². The van der Waals surface area contributed by atoms with E-state index in [4.69, 9.17) is 9.26 Å². The fourth-order valence-corrected chi connectivity index (χ4v) is 5.66. The van der Waals surface area contributed by atoms with Crippen molar-refractivity contribution in [3.05, 3.63) is 47.6 Å². The van der Waals surface area contributed by atoms with Crippen LogP contribution in [0.4, 0.5) is 0 Å². The van der Waals surface area contributed by atoms with E-state index in [1.54, 1.807) is 0 Å². The highest BCUT2D eigenvalue weighted by Crippen LogP contribution is 2.50. The molecule has 1 aromatic heterocycles. The molecule has 2 aromatic rings. The van der Waals surface area contributed by atoms with Crippen molar-refractivity contribution < 1.29 is 14.1 Å². The fraction of sp³-hybridized carbons (Fsp3) is 0.609. The van der Waals surface area contributed by atoms with Gasteiger partial charge in [-0.05, 0) is 44.1 Å². The average molecular weight is 411 g/mol. The van der Waals surface area contributed by atoms with Gasteiger partial charge < -0.3 is 14.6 Å². The van der Waals surface area contributed by atoms with Gasteiger partial charge in [0.05, 0.1) is 5.41 Å². The Morgan fingerprint density at radius 2 is 2.07 bits per heavy atom. The Bertz CT molecular complexity index is 880. The van der Waals surface area contributed by atoms with Crippen molar-refractivity contribution >= 4 is 5.91 Å². The van der Waals surface area contributed by atoms with Crippen molar-refractivity contribution in [3.63, 3.8) is 0 Å². The molecule has 3 aliphatic rings. The first kappa shape index (κ1) is 19.7. The molecule has 30 heavy (non-hydrogen) atoms. The van der Waals surface area contributed by atoms with Gasteiger partial charge in [-0.25, -0.2) is 0 Å². The number of hydrogen-bond donors (Lipinski definition) is 1. The van der Waals surface area contributed by atoms with E-state index in [1.165, 1.54) is 5.56 Å². The number of aryl methyl sites for hydroxylation is 1. The van der Waals surface area contributed by atoms with Crippen molar-refractivity contribution in [2.45, 2.75) is 50.6 Å². The largest absolute Gasteiger partial charge is 0.381 e. The normalized spacial score (nSPS) is 29.8. The van der Waals surface area contributed by atoms with Crippen molar-refractivity contribution in [1.29, 1.82) is 0 Å². The standard InChI is InChI=1S/C23H30N4O3/c1-16-24-22(30-26-16)23-12-20(25-21(28)18-7-9-29-10-8-18)11-19(23)14-27(15-23)13-17-5-3-2-4-6-17/h2-6,18-20H,7-15H2,1H3,(H,25,28)/t19-,20+,23-/m0/s1. The van der Waals surface area contributed by atoms with Crippen LogP contribution in [0.15, 0.2) is 34.9 Å². The molecule has 3 atom stereocenters. The molecular weight excluding hydrogens is 380 g/mol. The van der Waals surface area contributed by atoms with Gasteiger partial charge >= 0.3 is 0 Å². The number of likely N-dealkylation sites (tertiary alicyclic amines) is 1. The van der Waals surface area contributed by atoms with Crippen LogP contribution in [-0.4, -0.2) is 53.3 Å². The molecule has 1 N–H and O–H groups in total. The summed E-state index contributed by atoms with van der Waals surface area (Å²) >= 11 is 0. The minimum atomic E-state index is -0.177. The Labute approximate surface area is 177 Å². The second-order valence-electron chi connectivity index (χ2n) is 9.19. The molecule has 3 fully saturated rings. The number of fused-ring (bicyclic) bond motifs is 1. The molecule has 0 bridgehead atoms. The van der Waals surface area contributed by atoms with Crippen LogP contribution in [0, 0.1) is 18.8 Å². The van der Waals surface area contributed by atoms with E-state index in [1.807, 2.05) is 6.92 Å². The minimum absolute atomic E-state index is 0.0790. The van der Waals surface area contributed by atoms with Gasteiger partial charge in [0.15, 0.2) is 5.82 Å². The molecular formula is C23H30N4O3. The van der Waals surface area contributed by atoms with Crippen molar-refractivity contribution in [1.82, 2.24) is 20.4 Å². The number of ether oxygens (including phenoxy) is 1. The zero-order valence-corrected chi connectivity index (χ0v) is 17.5. The molecule has 5 rings (SSSR count). The summed E-state index contributed by atoms with van der Waals surface area (Å²) in [6.45, 7) is 6.04. The Balaban J connectivity index is 1.31. The molecule has 3 heterocycles. The zero-order valence-electron chi connectivity index (χ0n) is 17.5. The molecule has 2 saturated heterocycles. The highest BCUT2D eigenvalue weighted by molar-refractivity contribution is 5.79. The van der Waals surface area contributed by atoms with Gasteiger partial charge in [0.1, 0.15) is 0 Å². The van der Waals surface area contributed by atoms with E-state index in [9.17, 15) is 4.79 Å². The number of nitrogens with zero attached hydrogens (tertiary/aromatic N) is 3. The molecule has 7 heteroatoms. The number of benzene rings is 1. The number of amides is 1. The highest BCUT2D eigenvalue weighted by Gasteiger charge is 2.57. The van der Waals surface area contributed by atoms with E-state index >= 15 is 0 Å². The van der Waals surface area contributed by atoms with Gasteiger partial charge in [0.2, 0.25) is 11.8 Å². The quantitative estimate of drug-likeness (QED) is 0.816. The third-order valence-corrected chi connectivity index (χ3v) is 7.09. The summed E-state index contributed by atoms with van der Waals surface area (Å²) in [7, 11) is 0. The summed E-state index contributed by atoms with van der Waals surface area (Å²) in [4.78, 5) is 19.9. The predicted molar refractivity (Wildman–Crippen MR) is 111 cm³/mol. The molecule has 0 unspecified atom stereocenters. The van der Waals surface area contributed by atoms with Gasteiger partial charge in [0.25, 0.3) is 0 Å². The van der Waals surface area contributed by atoms with Gasteiger partial charge in [0, 0.05) is 44.8 Å². The Hall–Kier alpha value is -2.25. The van der Waals surface area contributed by atoms with Crippen LogP contribution in [0.3, 0.4) is 0 Å². The van der Waals surface area contributed by atoms with Gasteiger partial charge in [-0.1, -0.05) is 35.5 Å². The van der Waals surface area contributed by atoms with E-state index in [2.05, 4.69) is 50.7 Å². The van der Waals surface area contributed by atoms with Gasteiger partial charge in [-0.2, -0.15) is 4.98 Å². The molecule has 1 saturated carbocycles. The number of nitrogens with one attached hydrogen (secondary N) is 1. The van der Waals surface area contributed by atoms with Crippen LogP contribution >= 0.6 is 0 Å². The Morgan fingerprint density at radius 3 is 2.80 bits per heavy atom. The third kappa shape index (κ3) is 3.76. The minimum Gasteiger partial charge on any atom is -0.381 e. The summed E-state index contributed by atoms with van der Waals surface area (Å²) < 4.78 is 11.1. The lowest BCUT2D eigenvalue weighted by molar-refractivity contribution is -0.128. The fourth-order valence-electron chi connectivity index (χ4n) is 5.66. The van der Waals surface area contributed by atoms with Crippen LogP contribution in [-0.2, 0) is 21.5 Å². The van der Waals surface area contributed by atoms with E-state index in [0.717, 1.165) is 51.2 Å². The maximum absolute atomic E-state index is 12.8. The summed E-state index contributed by atoms with van der Waals surface area (Å²) in [5.41, 5.74) is 1.14.